The molecule has 0 unspecified atom stereocenters. The van der Waals surface area contributed by atoms with E-state index in [-0.39, 0.29) is 12.2 Å². The van der Waals surface area contributed by atoms with E-state index in [2.05, 4.69) is 20.3 Å². The Labute approximate surface area is 169 Å². The van der Waals surface area contributed by atoms with E-state index in [1.807, 2.05) is 53.2 Å². The first-order valence-corrected chi connectivity index (χ1v) is 10.4. The summed E-state index contributed by atoms with van der Waals surface area (Å²) >= 11 is 3.08. The van der Waals surface area contributed by atoms with E-state index < -0.39 is 5.97 Å². The van der Waals surface area contributed by atoms with Crippen LogP contribution in [0.15, 0.2) is 59.4 Å². The van der Waals surface area contributed by atoms with Crippen LogP contribution in [0.1, 0.15) is 17.3 Å². The van der Waals surface area contributed by atoms with E-state index in [4.69, 9.17) is 4.74 Å². The van der Waals surface area contributed by atoms with Gasteiger partial charge in [0.2, 0.25) is 0 Å². The normalized spacial score (nSPS) is 10.6. The summed E-state index contributed by atoms with van der Waals surface area (Å²) < 4.78 is 5.14. The predicted molar refractivity (Wildman–Crippen MR) is 112 cm³/mol. The molecule has 28 heavy (non-hydrogen) atoms. The van der Waals surface area contributed by atoms with E-state index in [0.29, 0.717) is 16.8 Å². The number of thiazole rings is 1. The van der Waals surface area contributed by atoms with E-state index in [1.165, 1.54) is 17.5 Å². The number of nitrogens with one attached hydrogen (secondary N) is 1. The first-order valence-electron chi connectivity index (χ1n) is 8.60. The topological polar surface area (TPSA) is 77.0 Å². The Morgan fingerprint density at radius 2 is 1.96 bits per heavy atom. The lowest BCUT2D eigenvalue weighted by atomic mass is 10.2. The molecule has 0 aliphatic heterocycles. The van der Waals surface area contributed by atoms with Gasteiger partial charge >= 0.3 is 5.97 Å². The minimum absolute atomic E-state index is 0.273. The molecule has 0 fully saturated rings. The number of carbonyl (C=O) groups excluding carboxylic acids is 1. The second-order valence-corrected chi connectivity index (χ2v) is 7.49. The van der Waals surface area contributed by atoms with Gasteiger partial charge in [-0.05, 0) is 18.4 Å². The fourth-order valence-electron chi connectivity index (χ4n) is 2.53. The summed E-state index contributed by atoms with van der Waals surface area (Å²) in [5.41, 5.74) is 2.02. The Bertz CT molecular complexity index is 1080. The first-order chi connectivity index (χ1) is 13.7. The molecule has 0 bridgehead atoms. The summed E-state index contributed by atoms with van der Waals surface area (Å²) in [5.74, 6) is 0.421. The maximum Gasteiger partial charge on any atom is 0.343 e. The molecule has 4 rings (SSSR count). The highest BCUT2D eigenvalue weighted by Gasteiger charge is 2.18. The summed E-state index contributed by atoms with van der Waals surface area (Å²) in [6.07, 6.45) is 1.49. The quantitative estimate of drug-likeness (QED) is 0.439. The van der Waals surface area contributed by atoms with E-state index in [9.17, 15) is 4.79 Å². The highest BCUT2D eigenvalue weighted by atomic mass is 32.1. The Morgan fingerprint density at radius 3 is 2.71 bits per heavy atom. The third-order valence-corrected chi connectivity index (χ3v) is 5.47. The molecule has 0 atom stereocenters. The Kier molecular flexibility index (Phi) is 5.41. The Morgan fingerprint density at radius 1 is 1.11 bits per heavy atom. The van der Waals surface area contributed by atoms with Gasteiger partial charge < -0.3 is 10.1 Å². The number of ether oxygens (including phenoxy) is 1. The van der Waals surface area contributed by atoms with Gasteiger partial charge in [-0.25, -0.2) is 19.7 Å². The SMILES string of the molecule is CCOC(=O)c1cnc(-c2ccccc2)nc1Nc1nc(-c2cccs2)cs1. The molecule has 140 valence electrons. The number of nitrogens with zero attached hydrogens (tertiary/aromatic N) is 3. The second kappa shape index (κ2) is 8.28. The lowest BCUT2D eigenvalue weighted by Crippen LogP contribution is -2.11. The molecule has 6 nitrogen and oxygen atoms in total. The molecular formula is C20H16N4O2S2. The number of esters is 1. The Hall–Kier alpha value is -3.10. The molecule has 0 radical (unpaired) electrons. The van der Waals surface area contributed by atoms with Crippen molar-refractivity contribution in [3.63, 3.8) is 0 Å². The van der Waals surface area contributed by atoms with Crippen LogP contribution in [0.2, 0.25) is 0 Å². The number of anilines is 2. The van der Waals surface area contributed by atoms with Crippen molar-refractivity contribution in [2.75, 3.05) is 11.9 Å². The van der Waals surface area contributed by atoms with Gasteiger partial charge in [-0.15, -0.1) is 22.7 Å². The number of hydrogen-bond donors (Lipinski definition) is 1. The van der Waals surface area contributed by atoms with E-state index in [0.717, 1.165) is 16.1 Å². The fraction of sp³-hybridized carbons (Fsp3) is 0.100. The molecule has 4 aromatic rings. The van der Waals surface area contributed by atoms with E-state index >= 15 is 0 Å². The van der Waals surface area contributed by atoms with Gasteiger partial charge in [0.1, 0.15) is 5.56 Å². The van der Waals surface area contributed by atoms with Crippen molar-refractivity contribution in [3.8, 4) is 22.0 Å². The fourth-order valence-corrected chi connectivity index (χ4v) is 4.00. The molecule has 0 spiro atoms. The third kappa shape index (κ3) is 3.92. The van der Waals surface area contributed by atoms with E-state index in [1.54, 1.807) is 18.3 Å². The highest BCUT2D eigenvalue weighted by Crippen LogP contribution is 2.30. The number of rotatable bonds is 6. The van der Waals surface area contributed by atoms with Gasteiger partial charge in [-0.1, -0.05) is 36.4 Å². The number of aromatic nitrogens is 3. The lowest BCUT2D eigenvalue weighted by Gasteiger charge is -2.10. The van der Waals surface area contributed by atoms with Crippen LogP contribution >= 0.6 is 22.7 Å². The molecule has 1 aromatic carbocycles. The van der Waals surface area contributed by atoms with Crippen molar-refractivity contribution in [3.05, 3.63) is 65.0 Å². The van der Waals surface area contributed by atoms with Crippen molar-refractivity contribution in [2.45, 2.75) is 6.92 Å². The van der Waals surface area contributed by atoms with Crippen LogP contribution in [-0.4, -0.2) is 27.5 Å². The van der Waals surface area contributed by atoms with Crippen molar-refractivity contribution in [1.82, 2.24) is 15.0 Å². The van der Waals surface area contributed by atoms with Gasteiger partial charge in [0.25, 0.3) is 0 Å². The van der Waals surface area contributed by atoms with Crippen LogP contribution in [0, 0.1) is 0 Å². The number of thiophene rings is 1. The number of hydrogen-bond acceptors (Lipinski definition) is 8. The zero-order chi connectivity index (χ0) is 19.3. The maximum absolute atomic E-state index is 12.3. The number of benzene rings is 1. The van der Waals surface area contributed by atoms with Crippen molar-refractivity contribution >= 4 is 39.6 Å². The zero-order valence-corrected chi connectivity index (χ0v) is 16.6. The molecule has 0 aliphatic carbocycles. The van der Waals surface area contributed by atoms with Crippen molar-refractivity contribution < 1.29 is 9.53 Å². The van der Waals surface area contributed by atoms with Crippen LogP contribution in [0.25, 0.3) is 22.0 Å². The molecule has 0 saturated carbocycles. The standard InChI is InChI=1S/C20H16N4O2S2/c1-2-26-19(25)14-11-21-17(13-7-4-3-5-8-13)23-18(14)24-20-22-15(12-28-20)16-9-6-10-27-16/h3-12H,2H2,1H3,(H,21,22,23,24). The molecular weight excluding hydrogens is 392 g/mol. The zero-order valence-electron chi connectivity index (χ0n) is 15.0. The van der Waals surface area contributed by atoms with Crippen LogP contribution in [0.5, 0.6) is 0 Å². The third-order valence-electron chi connectivity index (χ3n) is 3.82. The minimum Gasteiger partial charge on any atom is -0.462 e. The summed E-state index contributed by atoms with van der Waals surface area (Å²) in [5, 5.41) is 7.79. The van der Waals surface area contributed by atoms with Crippen LogP contribution in [-0.2, 0) is 4.74 Å². The van der Waals surface area contributed by atoms with Crippen LogP contribution < -0.4 is 5.32 Å². The molecule has 3 heterocycles. The summed E-state index contributed by atoms with van der Waals surface area (Å²) in [7, 11) is 0. The van der Waals surface area contributed by atoms with Crippen molar-refractivity contribution in [2.24, 2.45) is 0 Å². The van der Waals surface area contributed by atoms with Crippen LogP contribution in [0.4, 0.5) is 10.9 Å². The van der Waals surface area contributed by atoms with Gasteiger partial charge in [-0.3, -0.25) is 0 Å². The molecule has 3 aromatic heterocycles. The average molecular weight is 409 g/mol. The largest absolute Gasteiger partial charge is 0.462 e. The molecule has 1 N–H and O–H groups in total. The Balaban J connectivity index is 1.69. The minimum atomic E-state index is -0.473. The molecule has 0 aliphatic rings. The van der Waals surface area contributed by atoms with Gasteiger partial charge in [0.05, 0.1) is 17.2 Å². The smallest absolute Gasteiger partial charge is 0.343 e. The first kappa shape index (κ1) is 18.3. The average Bonchev–Trinajstić information content (AvgIpc) is 3.40. The second-order valence-electron chi connectivity index (χ2n) is 5.68. The van der Waals surface area contributed by atoms with Crippen molar-refractivity contribution in [1.29, 1.82) is 0 Å². The number of carbonyl (C=O) groups is 1. The lowest BCUT2D eigenvalue weighted by molar-refractivity contribution is 0.0526. The van der Waals surface area contributed by atoms with Gasteiger partial charge in [0, 0.05) is 17.1 Å². The summed E-state index contributed by atoms with van der Waals surface area (Å²) in [4.78, 5) is 26.9. The molecule has 0 saturated heterocycles. The van der Waals surface area contributed by atoms with Crippen LogP contribution in [0.3, 0.4) is 0 Å². The van der Waals surface area contributed by atoms with Gasteiger partial charge in [0.15, 0.2) is 16.8 Å². The van der Waals surface area contributed by atoms with Gasteiger partial charge in [-0.2, -0.15) is 0 Å². The highest BCUT2D eigenvalue weighted by molar-refractivity contribution is 7.16. The monoisotopic (exact) mass is 408 g/mol. The predicted octanol–water partition coefficient (Wildman–Crippen LogP) is 5.25. The summed E-state index contributed by atoms with van der Waals surface area (Å²) in [6.45, 7) is 2.04. The maximum atomic E-state index is 12.3. The molecule has 0 amide bonds. The summed E-state index contributed by atoms with van der Waals surface area (Å²) in [6, 6.07) is 13.6. The molecule has 8 heteroatoms.